The van der Waals surface area contributed by atoms with Gasteiger partial charge in [0.05, 0.1) is 0 Å². The van der Waals surface area contributed by atoms with Gasteiger partial charge in [0.25, 0.3) is 0 Å². The molecule has 0 N–H and O–H groups in total. The molecule has 0 spiro atoms. The third kappa shape index (κ3) is 3.50. The summed E-state index contributed by atoms with van der Waals surface area (Å²) in [5.74, 6) is 0.749. The normalized spacial score (nSPS) is 22.0. The van der Waals surface area contributed by atoms with Gasteiger partial charge < -0.3 is 4.90 Å². The van der Waals surface area contributed by atoms with Gasteiger partial charge in [-0.05, 0) is 45.3 Å². The molecule has 0 atom stereocenters. The number of nitrogens with zero attached hydrogens (tertiary/aromatic N) is 2. The number of piperidine rings is 1. The summed E-state index contributed by atoms with van der Waals surface area (Å²) in [6.07, 6.45) is 3.50. The minimum atomic E-state index is 0.592. The van der Waals surface area contributed by atoms with Crippen LogP contribution in [-0.4, -0.2) is 43.8 Å². The average molecular weight is 174 g/mol. The van der Waals surface area contributed by atoms with Gasteiger partial charge in [-0.2, -0.15) is 0 Å². The van der Waals surface area contributed by atoms with Gasteiger partial charge in [0.2, 0.25) is 0 Å². The average Bonchev–Trinajstić information content (AvgIpc) is 2.03. The smallest absolute Gasteiger partial charge is 0.0289 e. The molecule has 3 heteroatoms. The highest BCUT2D eigenvalue weighted by Crippen LogP contribution is 2.19. The van der Waals surface area contributed by atoms with Crippen LogP contribution in [-0.2, 0) is 0 Å². The maximum atomic E-state index is 12.4. The van der Waals surface area contributed by atoms with Crippen LogP contribution in [0.2, 0.25) is 0 Å². The van der Waals surface area contributed by atoms with E-state index in [0.29, 0.717) is 6.54 Å². The van der Waals surface area contributed by atoms with E-state index in [0.717, 1.165) is 17.5 Å². The SMILES string of the molecule is CN(F)CCC1CCN(C)CC1. The van der Waals surface area contributed by atoms with E-state index in [4.69, 9.17) is 0 Å². The molecule has 0 aromatic carbocycles. The van der Waals surface area contributed by atoms with Gasteiger partial charge in [0, 0.05) is 13.6 Å². The van der Waals surface area contributed by atoms with E-state index in [1.54, 1.807) is 0 Å². The number of likely N-dealkylation sites (tertiary alicyclic amines) is 1. The Labute approximate surface area is 74.3 Å². The van der Waals surface area contributed by atoms with Crippen LogP contribution in [0.25, 0.3) is 0 Å². The van der Waals surface area contributed by atoms with Gasteiger partial charge >= 0.3 is 0 Å². The van der Waals surface area contributed by atoms with E-state index < -0.39 is 0 Å². The molecule has 1 rings (SSSR count). The number of halogens is 1. The lowest BCUT2D eigenvalue weighted by atomic mass is 9.94. The van der Waals surface area contributed by atoms with Crippen LogP contribution in [0.3, 0.4) is 0 Å². The maximum Gasteiger partial charge on any atom is 0.0289 e. The molecule has 1 fully saturated rings. The van der Waals surface area contributed by atoms with E-state index in [1.165, 1.54) is 33.0 Å². The van der Waals surface area contributed by atoms with Gasteiger partial charge in [-0.1, -0.05) is 0 Å². The highest BCUT2D eigenvalue weighted by molar-refractivity contribution is 4.70. The topological polar surface area (TPSA) is 6.48 Å². The molecule has 0 saturated carbocycles. The van der Waals surface area contributed by atoms with Gasteiger partial charge in [-0.3, -0.25) is 0 Å². The largest absolute Gasteiger partial charge is 0.306 e. The van der Waals surface area contributed by atoms with Gasteiger partial charge in [-0.25, -0.2) is 0 Å². The number of hydrogen-bond acceptors (Lipinski definition) is 2. The lowest BCUT2D eigenvalue weighted by molar-refractivity contribution is 0.0484. The van der Waals surface area contributed by atoms with Crippen LogP contribution in [0, 0.1) is 5.92 Å². The zero-order valence-electron chi connectivity index (χ0n) is 8.09. The fourth-order valence-corrected chi connectivity index (χ4v) is 1.71. The zero-order valence-corrected chi connectivity index (χ0v) is 8.09. The summed E-state index contributed by atoms with van der Waals surface area (Å²) in [4.78, 5) is 2.34. The molecule has 1 aliphatic rings. The van der Waals surface area contributed by atoms with E-state index in [-0.39, 0.29) is 0 Å². The Balaban J connectivity index is 2.09. The van der Waals surface area contributed by atoms with E-state index >= 15 is 0 Å². The first-order valence-corrected chi connectivity index (χ1v) is 4.74. The molecule has 1 saturated heterocycles. The molecule has 0 aliphatic carbocycles. The van der Waals surface area contributed by atoms with Crippen LogP contribution in [0.4, 0.5) is 4.48 Å². The maximum absolute atomic E-state index is 12.4. The fraction of sp³-hybridized carbons (Fsp3) is 1.00. The summed E-state index contributed by atoms with van der Waals surface area (Å²) in [5.41, 5.74) is 0. The number of rotatable bonds is 3. The molecular formula is C9H19FN2. The van der Waals surface area contributed by atoms with Crippen molar-refractivity contribution in [2.24, 2.45) is 5.92 Å². The molecule has 0 unspecified atom stereocenters. The highest BCUT2D eigenvalue weighted by Gasteiger charge is 2.16. The van der Waals surface area contributed by atoms with Crippen molar-refractivity contribution in [1.29, 1.82) is 0 Å². The lowest BCUT2D eigenvalue weighted by Crippen LogP contribution is -2.31. The third-order valence-electron chi connectivity index (χ3n) is 2.68. The van der Waals surface area contributed by atoms with Crippen molar-refractivity contribution in [3.8, 4) is 0 Å². The summed E-state index contributed by atoms with van der Waals surface area (Å²) in [7, 11) is 3.65. The van der Waals surface area contributed by atoms with Gasteiger partial charge in [-0.15, -0.1) is 9.60 Å². The van der Waals surface area contributed by atoms with Crippen molar-refractivity contribution in [3.05, 3.63) is 0 Å². The van der Waals surface area contributed by atoms with Crippen LogP contribution in [0.15, 0.2) is 0 Å². The Bertz CT molecular complexity index is 120. The Morgan fingerprint density at radius 1 is 1.42 bits per heavy atom. The second-order valence-corrected chi connectivity index (χ2v) is 3.86. The molecule has 12 heavy (non-hydrogen) atoms. The minimum Gasteiger partial charge on any atom is -0.306 e. The van der Waals surface area contributed by atoms with E-state index in [9.17, 15) is 4.48 Å². The number of hydrogen-bond donors (Lipinski definition) is 0. The molecule has 1 heterocycles. The van der Waals surface area contributed by atoms with Crippen molar-refractivity contribution in [3.63, 3.8) is 0 Å². The Morgan fingerprint density at radius 2 is 2.00 bits per heavy atom. The molecule has 0 radical (unpaired) electrons. The summed E-state index contributed by atoms with van der Waals surface area (Å²) in [5, 5.41) is 0.790. The zero-order chi connectivity index (χ0) is 8.97. The van der Waals surface area contributed by atoms with E-state index in [2.05, 4.69) is 11.9 Å². The van der Waals surface area contributed by atoms with Crippen molar-refractivity contribution in [2.75, 3.05) is 33.7 Å². The Morgan fingerprint density at radius 3 is 2.50 bits per heavy atom. The van der Waals surface area contributed by atoms with Crippen LogP contribution in [0.1, 0.15) is 19.3 Å². The van der Waals surface area contributed by atoms with Crippen LogP contribution in [0.5, 0.6) is 0 Å². The second-order valence-electron chi connectivity index (χ2n) is 3.86. The summed E-state index contributed by atoms with van der Waals surface area (Å²) in [6.45, 7) is 2.95. The molecule has 0 amide bonds. The van der Waals surface area contributed by atoms with Crippen molar-refractivity contribution >= 4 is 0 Å². The quantitative estimate of drug-likeness (QED) is 0.599. The van der Waals surface area contributed by atoms with Gasteiger partial charge in [0.1, 0.15) is 0 Å². The minimum absolute atomic E-state index is 0.592. The fourth-order valence-electron chi connectivity index (χ4n) is 1.71. The van der Waals surface area contributed by atoms with Crippen molar-refractivity contribution in [1.82, 2.24) is 10.0 Å². The lowest BCUT2D eigenvalue weighted by Gasteiger charge is -2.29. The second kappa shape index (κ2) is 4.77. The summed E-state index contributed by atoms with van der Waals surface area (Å²) in [6, 6.07) is 0. The van der Waals surface area contributed by atoms with Gasteiger partial charge in [0.15, 0.2) is 0 Å². The molecule has 1 aliphatic heterocycles. The Hall–Kier alpha value is -0.150. The first-order chi connectivity index (χ1) is 5.68. The predicted molar refractivity (Wildman–Crippen MR) is 48.6 cm³/mol. The van der Waals surface area contributed by atoms with Crippen LogP contribution >= 0.6 is 0 Å². The molecule has 72 valence electrons. The van der Waals surface area contributed by atoms with E-state index in [1.807, 2.05) is 0 Å². The first-order valence-electron chi connectivity index (χ1n) is 4.74. The highest BCUT2D eigenvalue weighted by atomic mass is 19.2. The standard InChI is InChI=1S/C9H19FN2/c1-11-6-3-9(4-7-11)5-8-12(2)10/h9H,3-8H2,1-2H3. The Kier molecular flexibility index (Phi) is 3.95. The van der Waals surface area contributed by atoms with Crippen molar-refractivity contribution < 1.29 is 4.48 Å². The van der Waals surface area contributed by atoms with Crippen LogP contribution < -0.4 is 0 Å². The molecule has 0 bridgehead atoms. The van der Waals surface area contributed by atoms with Crippen molar-refractivity contribution in [2.45, 2.75) is 19.3 Å². The molecule has 2 nitrogen and oxygen atoms in total. The molecule has 0 aromatic heterocycles. The third-order valence-corrected chi connectivity index (χ3v) is 2.68. The summed E-state index contributed by atoms with van der Waals surface area (Å²) >= 11 is 0. The molecular weight excluding hydrogens is 155 g/mol. The first kappa shape index (κ1) is 9.93. The predicted octanol–water partition coefficient (Wildman–Crippen LogP) is 1.53. The monoisotopic (exact) mass is 174 g/mol. The summed E-state index contributed by atoms with van der Waals surface area (Å²) < 4.78 is 12.4. The molecule has 0 aromatic rings.